The highest BCUT2D eigenvalue weighted by Crippen LogP contribution is 2.22. The van der Waals surface area contributed by atoms with E-state index in [1.165, 1.54) is 35.5 Å². The van der Waals surface area contributed by atoms with Crippen LogP contribution in [-0.4, -0.2) is 73.1 Å². The zero-order chi connectivity index (χ0) is 20.2. The number of nitrogens with zero attached hydrogens (tertiary/aromatic N) is 6. The molecule has 0 atom stereocenters. The summed E-state index contributed by atoms with van der Waals surface area (Å²) in [7, 11) is 4.16. The van der Waals surface area contributed by atoms with Crippen molar-refractivity contribution in [1.82, 2.24) is 19.8 Å². The normalized spacial score (nSPS) is 18.0. The van der Waals surface area contributed by atoms with E-state index in [4.69, 9.17) is 9.97 Å². The zero-order valence-corrected chi connectivity index (χ0v) is 18.1. The predicted molar refractivity (Wildman–Crippen MR) is 120 cm³/mol. The van der Waals surface area contributed by atoms with Crippen molar-refractivity contribution >= 4 is 11.6 Å². The number of aromatic nitrogens is 2. The molecule has 0 unspecified atom stereocenters. The van der Waals surface area contributed by atoms with Crippen LogP contribution in [0.2, 0.25) is 0 Å². The predicted octanol–water partition coefficient (Wildman–Crippen LogP) is 2.63. The van der Waals surface area contributed by atoms with Gasteiger partial charge in [-0.25, -0.2) is 9.97 Å². The van der Waals surface area contributed by atoms with Gasteiger partial charge in [0.05, 0.1) is 5.69 Å². The Kier molecular flexibility index (Phi) is 6.31. The Bertz CT molecular complexity index is 796. The Morgan fingerprint density at radius 1 is 0.966 bits per heavy atom. The minimum absolute atomic E-state index is 0.924. The average molecular weight is 395 g/mol. The molecule has 4 rings (SSSR count). The molecule has 2 aliphatic rings. The van der Waals surface area contributed by atoms with E-state index in [2.05, 4.69) is 71.1 Å². The van der Waals surface area contributed by atoms with Crippen LogP contribution >= 0.6 is 0 Å². The lowest BCUT2D eigenvalue weighted by atomic mass is 10.1. The lowest BCUT2D eigenvalue weighted by Crippen LogP contribution is -2.47. The Morgan fingerprint density at radius 2 is 1.72 bits per heavy atom. The van der Waals surface area contributed by atoms with E-state index >= 15 is 0 Å². The fraction of sp³-hybridized carbons (Fsp3) is 0.565. The van der Waals surface area contributed by atoms with Crippen LogP contribution in [0.1, 0.15) is 30.2 Å². The molecule has 0 aliphatic carbocycles. The van der Waals surface area contributed by atoms with Gasteiger partial charge in [0.25, 0.3) is 0 Å². The van der Waals surface area contributed by atoms with Crippen LogP contribution in [-0.2, 0) is 19.5 Å². The number of piperazine rings is 1. The minimum atomic E-state index is 0.924. The van der Waals surface area contributed by atoms with E-state index in [9.17, 15) is 0 Å². The number of benzene rings is 1. The fourth-order valence-electron chi connectivity index (χ4n) is 4.30. The quantitative estimate of drug-likeness (QED) is 0.750. The van der Waals surface area contributed by atoms with Gasteiger partial charge in [-0.1, -0.05) is 19.1 Å². The molecule has 6 nitrogen and oxygen atoms in total. The maximum atomic E-state index is 4.94. The Hall–Kier alpha value is -2.18. The molecule has 1 aromatic heterocycles. The highest BCUT2D eigenvalue weighted by molar-refractivity contribution is 5.46. The Morgan fingerprint density at radius 3 is 2.41 bits per heavy atom. The van der Waals surface area contributed by atoms with Gasteiger partial charge in [-0.3, -0.25) is 9.80 Å². The van der Waals surface area contributed by atoms with Crippen LogP contribution in [0.25, 0.3) is 0 Å². The molecule has 0 saturated carbocycles. The third-order valence-electron chi connectivity index (χ3n) is 6.05. The second-order valence-electron chi connectivity index (χ2n) is 8.49. The lowest BCUT2D eigenvalue weighted by Gasteiger charge is -2.35. The van der Waals surface area contributed by atoms with Gasteiger partial charge < -0.3 is 9.80 Å². The maximum Gasteiger partial charge on any atom is 0.225 e. The monoisotopic (exact) mass is 394 g/mol. The summed E-state index contributed by atoms with van der Waals surface area (Å²) in [6, 6.07) is 8.87. The fourth-order valence-corrected chi connectivity index (χ4v) is 4.30. The number of anilines is 2. The molecule has 156 valence electrons. The first-order valence-electron chi connectivity index (χ1n) is 10.9. The first-order chi connectivity index (χ1) is 14.1. The van der Waals surface area contributed by atoms with Crippen molar-refractivity contribution in [2.45, 2.75) is 32.9 Å². The third kappa shape index (κ3) is 4.87. The maximum absolute atomic E-state index is 4.94. The van der Waals surface area contributed by atoms with Crippen LogP contribution < -0.4 is 9.80 Å². The van der Waals surface area contributed by atoms with E-state index in [1.807, 2.05) is 0 Å². The summed E-state index contributed by atoms with van der Waals surface area (Å²) in [5.74, 6) is 0.924. The summed E-state index contributed by atoms with van der Waals surface area (Å²) >= 11 is 0. The molecular weight excluding hydrogens is 360 g/mol. The number of rotatable bonds is 6. The van der Waals surface area contributed by atoms with Crippen LogP contribution in [0, 0.1) is 0 Å². The molecule has 0 spiro atoms. The molecule has 2 aliphatic heterocycles. The molecule has 2 aromatic rings. The van der Waals surface area contributed by atoms with Gasteiger partial charge in [0.2, 0.25) is 5.95 Å². The van der Waals surface area contributed by atoms with E-state index in [-0.39, 0.29) is 0 Å². The molecule has 0 radical (unpaired) electrons. The number of fused-ring (bicyclic) bond motifs is 1. The smallest absolute Gasteiger partial charge is 0.225 e. The summed E-state index contributed by atoms with van der Waals surface area (Å²) in [5, 5.41) is 0. The largest absolute Gasteiger partial charge is 0.378 e. The average Bonchev–Trinajstić information content (AvgIpc) is 2.74. The van der Waals surface area contributed by atoms with Crippen LogP contribution in [0.5, 0.6) is 0 Å². The van der Waals surface area contributed by atoms with Gasteiger partial charge in [-0.15, -0.1) is 0 Å². The molecule has 0 N–H and O–H groups in total. The van der Waals surface area contributed by atoms with Gasteiger partial charge >= 0.3 is 0 Å². The lowest BCUT2D eigenvalue weighted by molar-refractivity contribution is 0.242. The second kappa shape index (κ2) is 9.09. The summed E-state index contributed by atoms with van der Waals surface area (Å²) in [5.41, 5.74) is 5.13. The standard InChI is InChI=1S/C23H34N6/c1-4-10-27-12-14-29(15-13-27)23-24-16-20-18-28(11-9-22(20)25-23)17-19-5-7-21(8-6-19)26(2)3/h5-8,16H,4,9-15,17-18H2,1-3H3. The third-order valence-corrected chi connectivity index (χ3v) is 6.05. The van der Waals surface area contributed by atoms with Crippen molar-refractivity contribution in [3.8, 4) is 0 Å². The first kappa shape index (κ1) is 20.1. The molecule has 1 fully saturated rings. The van der Waals surface area contributed by atoms with Gasteiger partial charge in [-0.05, 0) is 30.7 Å². The molecule has 0 amide bonds. The molecular formula is C23H34N6. The molecule has 6 heteroatoms. The Balaban J connectivity index is 1.36. The highest BCUT2D eigenvalue weighted by atomic mass is 15.3. The molecule has 1 saturated heterocycles. The van der Waals surface area contributed by atoms with Crippen LogP contribution in [0.15, 0.2) is 30.5 Å². The molecule has 29 heavy (non-hydrogen) atoms. The van der Waals surface area contributed by atoms with Crippen LogP contribution in [0.4, 0.5) is 11.6 Å². The summed E-state index contributed by atoms with van der Waals surface area (Å²) < 4.78 is 0. The van der Waals surface area contributed by atoms with Gasteiger partial charge in [0.1, 0.15) is 0 Å². The van der Waals surface area contributed by atoms with Crippen molar-refractivity contribution in [3.05, 3.63) is 47.3 Å². The number of hydrogen-bond acceptors (Lipinski definition) is 6. The summed E-state index contributed by atoms with van der Waals surface area (Å²) in [6.07, 6.45) is 4.31. The van der Waals surface area contributed by atoms with Crippen molar-refractivity contribution < 1.29 is 0 Å². The van der Waals surface area contributed by atoms with Gasteiger partial charge in [-0.2, -0.15) is 0 Å². The topological polar surface area (TPSA) is 38.7 Å². The minimum Gasteiger partial charge on any atom is -0.378 e. The van der Waals surface area contributed by atoms with Crippen molar-refractivity contribution in [1.29, 1.82) is 0 Å². The number of hydrogen-bond donors (Lipinski definition) is 0. The summed E-state index contributed by atoms with van der Waals surface area (Å²) in [6.45, 7) is 10.7. The van der Waals surface area contributed by atoms with E-state index in [0.29, 0.717) is 0 Å². The van der Waals surface area contributed by atoms with E-state index in [0.717, 1.165) is 58.2 Å². The second-order valence-corrected chi connectivity index (χ2v) is 8.49. The highest BCUT2D eigenvalue weighted by Gasteiger charge is 2.22. The first-order valence-corrected chi connectivity index (χ1v) is 10.9. The zero-order valence-electron chi connectivity index (χ0n) is 18.1. The van der Waals surface area contributed by atoms with Crippen molar-refractivity contribution in [2.75, 3.05) is 63.2 Å². The molecule has 3 heterocycles. The van der Waals surface area contributed by atoms with Crippen molar-refractivity contribution in [2.24, 2.45) is 0 Å². The molecule has 1 aromatic carbocycles. The van der Waals surface area contributed by atoms with Gasteiger partial charge in [0, 0.05) is 83.8 Å². The molecule has 0 bridgehead atoms. The Labute approximate surface area is 175 Å². The summed E-state index contributed by atoms with van der Waals surface area (Å²) in [4.78, 5) is 19.2. The SMILES string of the molecule is CCCN1CCN(c2ncc3c(n2)CCN(Cc2ccc(N(C)C)cc2)C3)CC1. The van der Waals surface area contributed by atoms with Gasteiger partial charge in [0.15, 0.2) is 0 Å². The van der Waals surface area contributed by atoms with Crippen molar-refractivity contribution in [3.63, 3.8) is 0 Å². The van der Waals surface area contributed by atoms with E-state index in [1.54, 1.807) is 0 Å². The van der Waals surface area contributed by atoms with Crippen LogP contribution in [0.3, 0.4) is 0 Å². The van der Waals surface area contributed by atoms with E-state index < -0.39 is 0 Å².